The predicted octanol–water partition coefficient (Wildman–Crippen LogP) is 4.88. The zero-order chi connectivity index (χ0) is 19.3. The molecule has 1 saturated carbocycles. The molecule has 0 radical (unpaired) electrons. The average molecular weight is 415 g/mol. The first-order chi connectivity index (χ1) is 13.6. The second kappa shape index (κ2) is 7.30. The molecule has 0 aromatic carbocycles. The Balaban J connectivity index is 1.42. The number of rotatable bonds is 5. The zero-order valence-electron chi connectivity index (χ0n) is 16.4. The van der Waals surface area contributed by atoms with Gasteiger partial charge in [-0.2, -0.15) is 0 Å². The number of aryl methyl sites for hydroxylation is 2. The summed E-state index contributed by atoms with van der Waals surface area (Å²) in [6.07, 6.45) is 8.53. The SMILES string of the molecule is CC(C)c1nnc(SCc2nc(N)c3c4c(sc3n2)CCCCC4)n1C1CC1. The standard InChI is InChI=1S/C20H26N6S2/c1-11(2)18-24-25-20(26(18)12-8-9-12)27-10-15-22-17(21)16-13-6-4-3-5-7-14(13)28-19(16)23-15/h11-12H,3-10H2,1-2H3,(H2,21,22,23). The van der Waals surface area contributed by atoms with E-state index in [9.17, 15) is 0 Å². The van der Waals surface area contributed by atoms with Crippen LogP contribution in [0.1, 0.15) is 80.0 Å². The first-order valence-corrected chi connectivity index (χ1v) is 12.1. The Labute approximate surface area is 173 Å². The summed E-state index contributed by atoms with van der Waals surface area (Å²) >= 11 is 3.49. The van der Waals surface area contributed by atoms with E-state index in [1.54, 1.807) is 11.8 Å². The summed E-state index contributed by atoms with van der Waals surface area (Å²) in [4.78, 5) is 12.0. The summed E-state index contributed by atoms with van der Waals surface area (Å²) in [5.41, 5.74) is 7.80. The van der Waals surface area contributed by atoms with Gasteiger partial charge >= 0.3 is 0 Å². The molecular weight excluding hydrogens is 388 g/mol. The molecule has 0 saturated heterocycles. The summed E-state index contributed by atoms with van der Waals surface area (Å²) < 4.78 is 2.32. The van der Waals surface area contributed by atoms with E-state index in [1.807, 2.05) is 11.3 Å². The van der Waals surface area contributed by atoms with Gasteiger partial charge in [-0.1, -0.05) is 32.0 Å². The molecule has 0 spiro atoms. The van der Waals surface area contributed by atoms with Gasteiger partial charge in [0.1, 0.15) is 22.3 Å². The minimum atomic E-state index is 0.382. The summed E-state index contributed by atoms with van der Waals surface area (Å²) in [7, 11) is 0. The van der Waals surface area contributed by atoms with Crippen LogP contribution in [0.15, 0.2) is 5.16 Å². The van der Waals surface area contributed by atoms with Crippen LogP contribution in [0.25, 0.3) is 10.2 Å². The quantitative estimate of drug-likeness (QED) is 0.473. The van der Waals surface area contributed by atoms with Crippen molar-refractivity contribution in [1.29, 1.82) is 0 Å². The second-order valence-electron chi connectivity index (χ2n) is 8.16. The van der Waals surface area contributed by atoms with Crippen molar-refractivity contribution in [2.24, 2.45) is 0 Å². The van der Waals surface area contributed by atoms with Gasteiger partial charge in [0.25, 0.3) is 0 Å². The van der Waals surface area contributed by atoms with Crippen LogP contribution in [0.2, 0.25) is 0 Å². The first-order valence-electron chi connectivity index (χ1n) is 10.3. The normalized spacial score (nSPS) is 17.2. The van der Waals surface area contributed by atoms with Crippen molar-refractivity contribution in [3.63, 3.8) is 0 Å². The van der Waals surface area contributed by atoms with E-state index >= 15 is 0 Å². The van der Waals surface area contributed by atoms with E-state index in [0.717, 1.165) is 39.9 Å². The number of nitrogens with zero attached hydrogens (tertiary/aromatic N) is 5. The monoisotopic (exact) mass is 414 g/mol. The summed E-state index contributed by atoms with van der Waals surface area (Å²) in [5.74, 6) is 3.58. The number of fused-ring (bicyclic) bond motifs is 3. The maximum absolute atomic E-state index is 6.39. The topological polar surface area (TPSA) is 82.5 Å². The fourth-order valence-corrected chi connectivity index (χ4v) is 6.21. The third-order valence-electron chi connectivity index (χ3n) is 5.59. The fourth-order valence-electron chi connectivity index (χ4n) is 4.06. The molecule has 5 rings (SSSR count). The van der Waals surface area contributed by atoms with Crippen LogP contribution in [0.3, 0.4) is 0 Å². The van der Waals surface area contributed by atoms with Crippen LogP contribution >= 0.6 is 23.1 Å². The molecule has 0 atom stereocenters. The highest BCUT2D eigenvalue weighted by Gasteiger charge is 2.30. The largest absolute Gasteiger partial charge is 0.383 e. The van der Waals surface area contributed by atoms with Crippen molar-refractivity contribution in [3.05, 3.63) is 22.1 Å². The van der Waals surface area contributed by atoms with Gasteiger partial charge in [0.05, 0.1) is 11.1 Å². The third-order valence-corrected chi connectivity index (χ3v) is 7.71. The molecule has 6 nitrogen and oxygen atoms in total. The molecule has 0 aliphatic heterocycles. The van der Waals surface area contributed by atoms with Crippen molar-refractivity contribution in [2.45, 2.75) is 81.7 Å². The Bertz CT molecular complexity index is 1020. The summed E-state index contributed by atoms with van der Waals surface area (Å²) in [5, 5.41) is 11.0. The molecule has 8 heteroatoms. The maximum atomic E-state index is 6.39. The Morgan fingerprint density at radius 3 is 2.75 bits per heavy atom. The van der Waals surface area contributed by atoms with E-state index in [0.29, 0.717) is 23.5 Å². The van der Waals surface area contributed by atoms with Crippen LogP contribution in [0.4, 0.5) is 5.82 Å². The lowest BCUT2D eigenvalue weighted by Crippen LogP contribution is -2.05. The van der Waals surface area contributed by atoms with Gasteiger partial charge in [0.15, 0.2) is 5.16 Å². The third kappa shape index (κ3) is 3.30. The van der Waals surface area contributed by atoms with Crippen molar-refractivity contribution >= 4 is 39.1 Å². The molecule has 148 valence electrons. The molecular formula is C20H26N6S2. The number of nitrogen functional groups attached to an aromatic ring is 1. The van der Waals surface area contributed by atoms with E-state index < -0.39 is 0 Å². The molecule has 0 amide bonds. The highest BCUT2D eigenvalue weighted by atomic mass is 32.2. The van der Waals surface area contributed by atoms with Gasteiger partial charge in [-0.05, 0) is 44.1 Å². The molecule has 2 aliphatic carbocycles. The van der Waals surface area contributed by atoms with Crippen molar-refractivity contribution in [1.82, 2.24) is 24.7 Å². The highest BCUT2D eigenvalue weighted by molar-refractivity contribution is 7.98. The summed E-state index contributed by atoms with van der Waals surface area (Å²) in [6, 6.07) is 0.566. The number of aromatic nitrogens is 5. The number of thiophene rings is 1. The molecule has 3 heterocycles. The smallest absolute Gasteiger partial charge is 0.191 e. The van der Waals surface area contributed by atoms with Gasteiger partial charge in [0.2, 0.25) is 0 Å². The second-order valence-corrected chi connectivity index (χ2v) is 10.2. The van der Waals surface area contributed by atoms with E-state index in [1.165, 1.54) is 42.5 Å². The Kier molecular flexibility index (Phi) is 4.79. The molecule has 2 aliphatic rings. The van der Waals surface area contributed by atoms with Gasteiger partial charge in [-0.3, -0.25) is 0 Å². The summed E-state index contributed by atoms with van der Waals surface area (Å²) in [6.45, 7) is 4.35. The van der Waals surface area contributed by atoms with E-state index in [2.05, 4.69) is 33.6 Å². The van der Waals surface area contributed by atoms with Crippen molar-refractivity contribution in [3.8, 4) is 0 Å². The van der Waals surface area contributed by atoms with Gasteiger partial charge < -0.3 is 10.3 Å². The number of nitrogens with two attached hydrogens (primary N) is 1. The van der Waals surface area contributed by atoms with Gasteiger partial charge in [-0.25, -0.2) is 9.97 Å². The Morgan fingerprint density at radius 1 is 1.14 bits per heavy atom. The molecule has 1 fully saturated rings. The number of hydrogen-bond acceptors (Lipinski definition) is 7. The number of hydrogen-bond donors (Lipinski definition) is 1. The first kappa shape index (κ1) is 18.4. The molecule has 0 unspecified atom stereocenters. The Morgan fingerprint density at radius 2 is 1.96 bits per heavy atom. The van der Waals surface area contributed by atoms with Crippen LogP contribution in [0.5, 0.6) is 0 Å². The lowest BCUT2D eigenvalue weighted by Gasteiger charge is -2.10. The zero-order valence-corrected chi connectivity index (χ0v) is 18.1. The highest BCUT2D eigenvalue weighted by Crippen LogP contribution is 2.41. The fraction of sp³-hybridized carbons (Fsp3) is 0.600. The lowest BCUT2D eigenvalue weighted by atomic mass is 10.1. The maximum Gasteiger partial charge on any atom is 0.191 e. The van der Waals surface area contributed by atoms with E-state index in [4.69, 9.17) is 10.7 Å². The Hall–Kier alpha value is -1.67. The van der Waals surface area contributed by atoms with Crippen molar-refractivity contribution in [2.75, 3.05) is 5.73 Å². The number of thioether (sulfide) groups is 1. The van der Waals surface area contributed by atoms with Gasteiger partial charge in [0, 0.05) is 16.8 Å². The predicted molar refractivity (Wildman–Crippen MR) is 115 cm³/mol. The lowest BCUT2D eigenvalue weighted by molar-refractivity contribution is 0.599. The van der Waals surface area contributed by atoms with E-state index in [-0.39, 0.29) is 0 Å². The number of anilines is 1. The van der Waals surface area contributed by atoms with Crippen LogP contribution < -0.4 is 5.73 Å². The van der Waals surface area contributed by atoms with Crippen LogP contribution in [-0.2, 0) is 18.6 Å². The minimum Gasteiger partial charge on any atom is -0.383 e. The van der Waals surface area contributed by atoms with Gasteiger partial charge in [-0.15, -0.1) is 21.5 Å². The molecule has 28 heavy (non-hydrogen) atoms. The average Bonchev–Trinajstić information content (AvgIpc) is 3.37. The van der Waals surface area contributed by atoms with Crippen LogP contribution in [-0.4, -0.2) is 24.7 Å². The van der Waals surface area contributed by atoms with Crippen LogP contribution in [0, 0.1) is 0 Å². The minimum absolute atomic E-state index is 0.382. The molecule has 2 N–H and O–H groups in total. The molecule has 3 aromatic heterocycles. The molecule has 0 bridgehead atoms. The molecule has 3 aromatic rings. The van der Waals surface area contributed by atoms with Crippen molar-refractivity contribution < 1.29 is 0 Å².